The summed E-state index contributed by atoms with van der Waals surface area (Å²) in [7, 11) is -9.99. The van der Waals surface area contributed by atoms with Crippen LogP contribution in [0.5, 0.6) is 0 Å². The van der Waals surface area contributed by atoms with Crippen LogP contribution in [0.2, 0.25) is 0 Å². The van der Waals surface area contributed by atoms with Gasteiger partial charge in [0.1, 0.15) is 19.3 Å². The number of ether oxygens (including phenoxy) is 4. The average molecular weight is 1470 g/mol. The summed E-state index contributed by atoms with van der Waals surface area (Å²) in [6.45, 7) is 4.49. The Labute approximate surface area is 617 Å². The lowest BCUT2D eigenvalue weighted by Crippen LogP contribution is -2.30. The highest BCUT2D eigenvalue weighted by molar-refractivity contribution is 7.47. The van der Waals surface area contributed by atoms with E-state index in [-0.39, 0.29) is 25.7 Å². The Balaban J connectivity index is 5.43. The van der Waals surface area contributed by atoms with Gasteiger partial charge in [0.15, 0.2) is 12.2 Å². The number of aliphatic hydroxyl groups excluding tert-OH is 1. The van der Waals surface area contributed by atoms with E-state index in [1.807, 2.05) is 12.2 Å². The van der Waals surface area contributed by atoms with E-state index in [0.29, 0.717) is 32.1 Å². The maximum atomic E-state index is 13.1. The van der Waals surface area contributed by atoms with Gasteiger partial charge in [0.2, 0.25) is 0 Å². The fraction of sp³-hybridized carbons (Fsp3) is 0.663. The molecule has 5 unspecified atom stereocenters. The summed E-state index contributed by atoms with van der Waals surface area (Å²) in [5.74, 6) is -2.30. The maximum Gasteiger partial charge on any atom is 0.472 e. The average Bonchev–Trinajstić information content (AvgIpc) is 0.909. The number of aliphatic hydroxyl groups is 1. The molecule has 0 saturated heterocycles. The van der Waals surface area contributed by atoms with E-state index in [1.165, 1.54) is 51.4 Å². The van der Waals surface area contributed by atoms with Crippen molar-refractivity contribution in [3.05, 3.63) is 146 Å². The van der Waals surface area contributed by atoms with Gasteiger partial charge in [-0.2, -0.15) is 0 Å². The quantitative estimate of drug-likeness (QED) is 0.0169. The van der Waals surface area contributed by atoms with Crippen molar-refractivity contribution in [1.82, 2.24) is 0 Å². The van der Waals surface area contributed by atoms with Crippen LogP contribution in [0.15, 0.2) is 146 Å². The number of hydrogen-bond donors (Lipinski definition) is 3. The third-order valence-corrected chi connectivity index (χ3v) is 17.7. The predicted molar refractivity (Wildman–Crippen MR) is 417 cm³/mol. The van der Waals surface area contributed by atoms with Crippen LogP contribution in [0.1, 0.15) is 297 Å². The number of phosphoric ester groups is 2. The fourth-order valence-corrected chi connectivity index (χ4v) is 11.4. The van der Waals surface area contributed by atoms with E-state index in [9.17, 15) is 43.2 Å². The number of hydrogen-bond acceptors (Lipinski definition) is 15. The highest BCUT2D eigenvalue weighted by Crippen LogP contribution is 2.45. The second-order valence-corrected chi connectivity index (χ2v) is 28.4. The van der Waals surface area contributed by atoms with Gasteiger partial charge in [-0.05, 0) is 161 Å². The van der Waals surface area contributed by atoms with Crippen molar-refractivity contribution in [3.8, 4) is 0 Å². The number of rotatable bonds is 72. The summed E-state index contributed by atoms with van der Waals surface area (Å²) in [5, 5.41) is 10.6. The van der Waals surface area contributed by atoms with Crippen molar-refractivity contribution < 1.29 is 80.2 Å². The first-order valence-electron chi connectivity index (χ1n) is 39.1. The highest BCUT2D eigenvalue weighted by Gasteiger charge is 2.30. The molecule has 582 valence electrons. The molecule has 19 heteroatoms. The molecule has 17 nitrogen and oxygen atoms in total. The molecule has 0 aliphatic heterocycles. The van der Waals surface area contributed by atoms with Gasteiger partial charge in [0.25, 0.3) is 0 Å². The molecule has 0 aromatic heterocycles. The lowest BCUT2D eigenvalue weighted by Gasteiger charge is -2.21. The molecule has 0 saturated carbocycles. The molecule has 0 radical (unpaired) electrons. The second kappa shape index (κ2) is 74.2. The third kappa shape index (κ3) is 73.3. The molecular formula is C83H138O17P2. The lowest BCUT2D eigenvalue weighted by atomic mass is 10.1. The van der Waals surface area contributed by atoms with Crippen LogP contribution in [0.4, 0.5) is 0 Å². The molecule has 0 bridgehead atoms. The number of phosphoric acid groups is 2. The van der Waals surface area contributed by atoms with Crippen LogP contribution in [-0.2, 0) is 65.4 Å². The van der Waals surface area contributed by atoms with Crippen LogP contribution in [0.25, 0.3) is 0 Å². The van der Waals surface area contributed by atoms with E-state index in [2.05, 4.69) is 161 Å². The van der Waals surface area contributed by atoms with Gasteiger partial charge in [-0.1, -0.05) is 257 Å². The molecule has 102 heavy (non-hydrogen) atoms. The molecule has 0 aliphatic carbocycles. The molecular weight excluding hydrogens is 1330 g/mol. The molecule has 0 heterocycles. The number of esters is 4. The monoisotopic (exact) mass is 1470 g/mol. The summed E-state index contributed by atoms with van der Waals surface area (Å²) in [6.07, 6.45) is 84.1. The van der Waals surface area contributed by atoms with Crippen molar-refractivity contribution in [3.63, 3.8) is 0 Å². The van der Waals surface area contributed by atoms with Crippen molar-refractivity contribution in [1.29, 1.82) is 0 Å². The van der Waals surface area contributed by atoms with Gasteiger partial charge in [0, 0.05) is 25.7 Å². The van der Waals surface area contributed by atoms with Gasteiger partial charge in [0.05, 0.1) is 26.4 Å². The Morgan fingerprint density at radius 1 is 0.284 bits per heavy atom. The first-order valence-corrected chi connectivity index (χ1v) is 42.1. The largest absolute Gasteiger partial charge is 0.472 e. The first kappa shape index (κ1) is 96.9. The Hall–Kier alpha value is -5.06. The molecule has 0 aromatic carbocycles. The van der Waals surface area contributed by atoms with Crippen LogP contribution >= 0.6 is 15.6 Å². The second-order valence-electron chi connectivity index (χ2n) is 25.5. The van der Waals surface area contributed by atoms with E-state index in [0.717, 1.165) is 161 Å². The van der Waals surface area contributed by atoms with Crippen LogP contribution < -0.4 is 0 Å². The smallest absolute Gasteiger partial charge is 0.462 e. The van der Waals surface area contributed by atoms with E-state index in [1.54, 1.807) is 0 Å². The minimum Gasteiger partial charge on any atom is -0.462 e. The van der Waals surface area contributed by atoms with Crippen molar-refractivity contribution in [2.75, 3.05) is 39.6 Å². The number of carbonyl (C=O) groups is 4. The maximum absolute atomic E-state index is 13.1. The predicted octanol–water partition coefficient (Wildman–Crippen LogP) is 22.7. The zero-order chi connectivity index (χ0) is 74.6. The van der Waals surface area contributed by atoms with E-state index < -0.39 is 97.5 Å². The lowest BCUT2D eigenvalue weighted by molar-refractivity contribution is -0.161. The molecule has 0 spiro atoms. The van der Waals surface area contributed by atoms with Crippen LogP contribution in [0, 0.1) is 0 Å². The Morgan fingerprint density at radius 3 is 0.843 bits per heavy atom. The first-order chi connectivity index (χ1) is 49.7. The summed E-state index contributed by atoms with van der Waals surface area (Å²) < 4.78 is 68.4. The summed E-state index contributed by atoms with van der Waals surface area (Å²) >= 11 is 0. The van der Waals surface area contributed by atoms with Crippen molar-refractivity contribution >= 4 is 39.5 Å². The van der Waals surface area contributed by atoms with Gasteiger partial charge in [-0.15, -0.1) is 0 Å². The normalized spacial score (nSPS) is 14.7. The van der Waals surface area contributed by atoms with Gasteiger partial charge < -0.3 is 33.8 Å². The minimum absolute atomic E-state index is 0.0684. The molecule has 0 rings (SSSR count). The standard InChI is InChI=1S/C83H138O17P2/c1-5-9-13-17-21-25-29-33-35-37-38-40-42-46-48-52-56-60-64-68-81(86)94-74-79(100-83(88)70-66-62-58-54-50-44-32-28-24-20-16-12-8-4)76-98-102(91,92)96-72-77(84)71-95-101(89,90)97-75-78(99-82(87)69-65-61-57-53-49-43-31-27-23-19-15-11-7-3)73-93-80(85)67-63-59-55-51-47-45-41-39-36-34-30-26-22-18-14-10-6-2/h9-10,13-14,21-22,25-28,31-36,38,40-41,45-46,48,51,55,77-79,84H,5-8,11-12,15-20,23-24,29-30,37,39,42-44,47,49-50,52-54,56-76H2,1-4H3,(H,89,90)(H,91,92)/b13-9-,14-10-,25-21-,26-22-,31-27-,32-28-,35-33-,36-34-,40-38-,45-41-,48-46-,55-51-. The molecule has 0 aromatic rings. The Bertz CT molecular complexity index is 2510. The third-order valence-electron chi connectivity index (χ3n) is 15.8. The Kier molecular flexibility index (Phi) is 70.5. The zero-order valence-electron chi connectivity index (χ0n) is 63.5. The van der Waals surface area contributed by atoms with E-state index in [4.69, 9.17) is 37.0 Å². The fourth-order valence-electron chi connectivity index (χ4n) is 9.86. The summed E-state index contributed by atoms with van der Waals surface area (Å²) in [5.41, 5.74) is 0. The van der Waals surface area contributed by atoms with Crippen molar-refractivity contribution in [2.24, 2.45) is 0 Å². The molecule has 0 amide bonds. The molecule has 0 fully saturated rings. The highest BCUT2D eigenvalue weighted by atomic mass is 31.2. The molecule has 5 atom stereocenters. The number of allylic oxidation sites excluding steroid dienone is 24. The van der Waals surface area contributed by atoms with Crippen LogP contribution in [-0.4, -0.2) is 96.7 Å². The van der Waals surface area contributed by atoms with Gasteiger partial charge >= 0.3 is 39.5 Å². The number of unbranched alkanes of at least 4 members (excludes halogenated alkanes) is 22. The minimum atomic E-state index is -5.00. The number of carbonyl (C=O) groups excluding carboxylic acids is 4. The van der Waals surface area contributed by atoms with Gasteiger partial charge in [-0.25, -0.2) is 9.13 Å². The van der Waals surface area contributed by atoms with Gasteiger partial charge in [-0.3, -0.25) is 37.3 Å². The topological polar surface area (TPSA) is 237 Å². The zero-order valence-corrected chi connectivity index (χ0v) is 65.3. The Morgan fingerprint density at radius 2 is 0.520 bits per heavy atom. The molecule has 3 N–H and O–H groups in total. The van der Waals surface area contributed by atoms with Crippen LogP contribution in [0.3, 0.4) is 0 Å². The van der Waals surface area contributed by atoms with Crippen molar-refractivity contribution in [2.45, 2.75) is 316 Å². The summed E-state index contributed by atoms with van der Waals surface area (Å²) in [6, 6.07) is 0. The molecule has 0 aliphatic rings. The summed E-state index contributed by atoms with van der Waals surface area (Å²) in [4.78, 5) is 72.9. The van der Waals surface area contributed by atoms with E-state index >= 15 is 0 Å². The SMILES string of the molecule is CC/C=C\C/C=C\C/C=C\C/C=C\C/C=C\CCCCCC(=O)OCC(COP(=O)(O)OCC(O)COP(=O)(O)OCC(COC(=O)CCC/C=C\C/C=C\C/C=C\C/C=C\C/C=C\CC)OC(=O)CCCCCCC/C=C\CCCCCC)OC(=O)CCCCCCC/C=C\CCCCCC.